The van der Waals surface area contributed by atoms with Crippen LogP contribution >= 0.6 is 0 Å². The van der Waals surface area contributed by atoms with Gasteiger partial charge in [-0.25, -0.2) is 0 Å². The highest BCUT2D eigenvalue weighted by Gasteiger charge is 2.48. The summed E-state index contributed by atoms with van der Waals surface area (Å²) in [5, 5.41) is 14.7. The topological polar surface area (TPSA) is 81.3 Å². The predicted octanol–water partition coefficient (Wildman–Crippen LogP) is 0.701. The molecule has 7 heteroatoms. The summed E-state index contributed by atoms with van der Waals surface area (Å²) in [7, 11) is 1.59. The molecule has 0 saturated carbocycles. The molecule has 0 N–H and O–H groups in total. The quantitative estimate of drug-likeness (QED) is 0.420. The van der Waals surface area contributed by atoms with E-state index in [-0.39, 0.29) is 17.4 Å². The van der Waals surface area contributed by atoms with Crippen molar-refractivity contribution >= 4 is 17.4 Å². The Labute approximate surface area is 91.8 Å². The molecule has 0 radical (unpaired) electrons. The maximum atomic E-state index is 11.7. The lowest BCUT2D eigenvalue weighted by Gasteiger charge is -2.42. The van der Waals surface area contributed by atoms with Gasteiger partial charge in [0.15, 0.2) is 0 Å². The summed E-state index contributed by atoms with van der Waals surface area (Å²) in [6, 6.07) is 0. The molecule has 16 heavy (non-hydrogen) atoms. The molecule has 86 valence electrons. The zero-order valence-corrected chi connectivity index (χ0v) is 9.30. The summed E-state index contributed by atoms with van der Waals surface area (Å²) in [6.07, 6.45) is 1.30. The van der Waals surface area contributed by atoms with Crippen LogP contribution in [-0.4, -0.2) is 27.2 Å². The molecule has 1 saturated heterocycles. The molecule has 1 aliphatic heterocycles. The van der Waals surface area contributed by atoms with Gasteiger partial charge in [-0.1, -0.05) is 0 Å². The molecule has 2 rings (SSSR count). The Kier molecular flexibility index (Phi) is 2.01. The van der Waals surface area contributed by atoms with E-state index in [0.29, 0.717) is 6.54 Å². The number of nitrogens with zero attached hydrogens (tertiary/aromatic N) is 4. The number of carbonyl (C=O) groups is 1. The van der Waals surface area contributed by atoms with Gasteiger partial charge in [0.2, 0.25) is 11.7 Å². The lowest BCUT2D eigenvalue weighted by molar-refractivity contribution is -0.384. The number of aryl methyl sites for hydroxylation is 1. The van der Waals surface area contributed by atoms with Crippen molar-refractivity contribution in [3.8, 4) is 0 Å². The van der Waals surface area contributed by atoms with Gasteiger partial charge in [0.1, 0.15) is 6.20 Å². The Bertz CT molecular complexity index is 477. The van der Waals surface area contributed by atoms with Crippen LogP contribution in [0.15, 0.2) is 6.20 Å². The number of nitro groups is 1. The number of amides is 1. The minimum absolute atomic E-state index is 0.130. The Balaban J connectivity index is 2.36. The normalized spacial score (nSPS) is 18.4. The van der Waals surface area contributed by atoms with Gasteiger partial charge in [-0.3, -0.25) is 24.5 Å². The fourth-order valence-electron chi connectivity index (χ4n) is 1.77. The predicted molar refractivity (Wildman–Crippen MR) is 56.0 cm³/mol. The van der Waals surface area contributed by atoms with Crippen LogP contribution in [0.4, 0.5) is 11.5 Å². The summed E-state index contributed by atoms with van der Waals surface area (Å²) in [5.41, 5.74) is -0.572. The molecular weight excluding hydrogens is 212 g/mol. The third-order valence-electron chi connectivity index (χ3n) is 2.62. The Morgan fingerprint density at radius 1 is 1.56 bits per heavy atom. The van der Waals surface area contributed by atoms with Gasteiger partial charge in [-0.05, 0) is 13.8 Å². The second-order valence-electron chi connectivity index (χ2n) is 4.54. The monoisotopic (exact) mass is 224 g/mol. The first-order valence-electron chi connectivity index (χ1n) is 4.83. The number of hydrogen-bond donors (Lipinski definition) is 0. The largest absolute Gasteiger partial charge is 0.331 e. The van der Waals surface area contributed by atoms with E-state index in [2.05, 4.69) is 5.10 Å². The zero-order chi connectivity index (χ0) is 12.1. The Hall–Kier alpha value is -1.92. The second-order valence-corrected chi connectivity index (χ2v) is 4.54. The number of β-lactam (4-membered cyclic amide) rings is 1. The first-order valence-corrected chi connectivity index (χ1v) is 4.83. The van der Waals surface area contributed by atoms with Crippen molar-refractivity contribution in [3.05, 3.63) is 16.3 Å². The number of anilines is 1. The van der Waals surface area contributed by atoms with E-state index >= 15 is 0 Å². The molecule has 0 unspecified atom stereocenters. The average Bonchev–Trinajstić information content (AvgIpc) is 2.56. The molecule has 7 nitrogen and oxygen atoms in total. The number of rotatable bonds is 2. The van der Waals surface area contributed by atoms with Gasteiger partial charge in [0.05, 0.1) is 10.3 Å². The second kappa shape index (κ2) is 3.03. The maximum Gasteiger partial charge on any atom is 0.331 e. The Morgan fingerprint density at radius 2 is 2.19 bits per heavy atom. The molecule has 0 aliphatic carbocycles. The van der Waals surface area contributed by atoms with Crippen LogP contribution in [0, 0.1) is 15.5 Å². The standard InChI is InChI=1S/C9H12N4O3/c1-9(2)5-12(8(9)14)7-6(13(15)16)4-11(3)10-7/h4H,5H2,1-3H3. The molecule has 1 aromatic rings. The SMILES string of the molecule is Cn1cc([N+](=O)[O-])c(N2CC(C)(C)C2=O)n1. The molecule has 0 aromatic carbocycles. The van der Waals surface area contributed by atoms with Crippen LogP contribution in [0.5, 0.6) is 0 Å². The summed E-state index contributed by atoms with van der Waals surface area (Å²) >= 11 is 0. The highest BCUT2D eigenvalue weighted by atomic mass is 16.6. The summed E-state index contributed by atoms with van der Waals surface area (Å²) in [6.45, 7) is 4.07. The number of aromatic nitrogens is 2. The van der Waals surface area contributed by atoms with E-state index < -0.39 is 10.3 Å². The first-order chi connectivity index (χ1) is 7.33. The van der Waals surface area contributed by atoms with Crippen LogP contribution < -0.4 is 4.90 Å². The first kappa shape index (κ1) is 10.6. The van der Waals surface area contributed by atoms with Gasteiger partial charge in [0.25, 0.3) is 0 Å². The van der Waals surface area contributed by atoms with Crippen molar-refractivity contribution in [2.24, 2.45) is 12.5 Å². The van der Waals surface area contributed by atoms with Crippen molar-refractivity contribution in [2.45, 2.75) is 13.8 Å². The minimum atomic E-state index is -0.527. The van der Waals surface area contributed by atoms with Gasteiger partial charge in [0, 0.05) is 13.6 Å². The highest BCUT2D eigenvalue weighted by Crippen LogP contribution is 2.38. The fraction of sp³-hybridized carbons (Fsp3) is 0.556. The molecule has 1 amide bonds. The molecule has 1 aromatic heterocycles. The zero-order valence-electron chi connectivity index (χ0n) is 9.30. The maximum absolute atomic E-state index is 11.7. The summed E-state index contributed by atoms with van der Waals surface area (Å²) < 4.78 is 1.34. The molecule has 0 spiro atoms. The smallest absolute Gasteiger partial charge is 0.288 e. The van der Waals surface area contributed by atoms with Crippen molar-refractivity contribution in [3.63, 3.8) is 0 Å². The summed E-state index contributed by atoms with van der Waals surface area (Å²) in [4.78, 5) is 23.3. The molecule has 2 heterocycles. The average molecular weight is 224 g/mol. The summed E-state index contributed by atoms with van der Waals surface area (Å²) in [5.74, 6) is 0.00567. The van der Waals surface area contributed by atoms with Gasteiger partial charge in [-0.2, -0.15) is 0 Å². The fourth-order valence-corrected chi connectivity index (χ4v) is 1.77. The van der Waals surface area contributed by atoms with Crippen LogP contribution in [0.1, 0.15) is 13.8 Å². The van der Waals surface area contributed by atoms with Gasteiger partial charge < -0.3 is 0 Å². The molecule has 1 fully saturated rings. The van der Waals surface area contributed by atoms with Crippen LogP contribution in [-0.2, 0) is 11.8 Å². The van der Waals surface area contributed by atoms with Crippen molar-refractivity contribution < 1.29 is 9.72 Å². The van der Waals surface area contributed by atoms with E-state index in [0.717, 1.165) is 0 Å². The van der Waals surface area contributed by atoms with E-state index in [4.69, 9.17) is 0 Å². The highest BCUT2D eigenvalue weighted by molar-refractivity contribution is 6.04. The molecule has 1 aliphatic rings. The van der Waals surface area contributed by atoms with E-state index in [1.165, 1.54) is 15.8 Å². The number of carbonyl (C=O) groups excluding carboxylic acids is 1. The van der Waals surface area contributed by atoms with Gasteiger partial charge >= 0.3 is 5.69 Å². The lowest BCUT2D eigenvalue weighted by Crippen LogP contribution is -2.59. The van der Waals surface area contributed by atoms with Gasteiger partial charge in [-0.15, -0.1) is 5.10 Å². The number of hydrogen-bond acceptors (Lipinski definition) is 4. The van der Waals surface area contributed by atoms with Crippen molar-refractivity contribution in [1.82, 2.24) is 9.78 Å². The van der Waals surface area contributed by atoms with Crippen LogP contribution in [0.2, 0.25) is 0 Å². The Morgan fingerprint density at radius 3 is 2.62 bits per heavy atom. The van der Waals surface area contributed by atoms with E-state index in [9.17, 15) is 14.9 Å². The molecule has 0 atom stereocenters. The lowest BCUT2D eigenvalue weighted by atomic mass is 9.83. The third-order valence-corrected chi connectivity index (χ3v) is 2.62. The van der Waals surface area contributed by atoms with E-state index in [1.807, 2.05) is 0 Å². The minimum Gasteiger partial charge on any atom is -0.288 e. The van der Waals surface area contributed by atoms with Crippen LogP contribution in [0.3, 0.4) is 0 Å². The van der Waals surface area contributed by atoms with Crippen molar-refractivity contribution in [1.29, 1.82) is 0 Å². The molecule has 0 bridgehead atoms. The van der Waals surface area contributed by atoms with Crippen molar-refractivity contribution in [2.75, 3.05) is 11.4 Å². The molecular formula is C9H12N4O3. The van der Waals surface area contributed by atoms with Crippen LogP contribution in [0.25, 0.3) is 0 Å². The third kappa shape index (κ3) is 1.36. The van der Waals surface area contributed by atoms with E-state index in [1.54, 1.807) is 20.9 Å².